The summed E-state index contributed by atoms with van der Waals surface area (Å²) in [7, 11) is 0. The zero-order valence-electron chi connectivity index (χ0n) is 11.5. The summed E-state index contributed by atoms with van der Waals surface area (Å²) in [5.74, 6) is -0.377. The average molecular weight is 243 g/mol. The number of hydrogen-bond acceptors (Lipinski definition) is 4. The molecule has 1 atom stereocenters. The lowest BCUT2D eigenvalue weighted by molar-refractivity contribution is -0.178. The van der Waals surface area contributed by atoms with Crippen molar-refractivity contribution in [3.05, 3.63) is 12.2 Å². The maximum Gasteiger partial charge on any atom is 0.334 e. The van der Waals surface area contributed by atoms with E-state index < -0.39 is 5.72 Å². The zero-order valence-corrected chi connectivity index (χ0v) is 11.5. The lowest BCUT2D eigenvalue weighted by Crippen LogP contribution is -2.49. The second kappa shape index (κ2) is 7.45. The van der Waals surface area contributed by atoms with E-state index in [0.717, 1.165) is 13.1 Å². The first kappa shape index (κ1) is 16.1. The van der Waals surface area contributed by atoms with E-state index in [4.69, 9.17) is 9.84 Å². The lowest BCUT2D eigenvalue weighted by atomic mass is 10.1. The van der Waals surface area contributed by atoms with Gasteiger partial charge in [-0.3, -0.25) is 4.90 Å². The Morgan fingerprint density at radius 2 is 1.94 bits per heavy atom. The Morgan fingerprint density at radius 1 is 1.41 bits per heavy atom. The number of esters is 1. The van der Waals surface area contributed by atoms with Crippen molar-refractivity contribution in [2.45, 2.75) is 46.3 Å². The maximum atomic E-state index is 11.6. The van der Waals surface area contributed by atoms with E-state index in [9.17, 15) is 4.79 Å². The predicted octanol–water partition coefficient (Wildman–Crippen LogP) is 1.94. The first-order chi connectivity index (χ1) is 7.91. The molecule has 0 amide bonds. The van der Waals surface area contributed by atoms with Crippen molar-refractivity contribution >= 4 is 5.97 Å². The van der Waals surface area contributed by atoms with Gasteiger partial charge in [-0.05, 0) is 33.4 Å². The highest BCUT2D eigenvalue weighted by Crippen LogP contribution is 2.23. The number of hydrogen-bond donors (Lipinski definition) is 1. The summed E-state index contributed by atoms with van der Waals surface area (Å²) in [5.41, 5.74) is -0.269. The van der Waals surface area contributed by atoms with Crippen molar-refractivity contribution < 1.29 is 14.6 Å². The van der Waals surface area contributed by atoms with Gasteiger partial charge in [-0.1, -0.05) is 20.4 Å². The van der Waals surface area contributed by atoms with Crippen LogP contribution in [0.5, 0.6) is 0 Å². The van der Waals surface area contributed by atoms with E-state index >= 15 is 0 Å². The molecule has 0 saturated heterocycles. The first-order valence-corrected chi connectivity index (χ1v) is 6.16. The van der Waals surface area contributed by atoms with Gasteiger partial charge >= 0.3 is 5.97 Å². The topological polar surface area (TPSA) is 49.8 Å². The molecular formula is C13H25NO3. The molecule has 4 nitrogen and oxygen atoms in total. The average Bonchev–Trinajstić information content (AvgIpc) is 2.27. The minimum absolute atomic E-state index is 0.0987. The minimum atomic E-state index is -0.664. The number of carbonyl (C=O) groups is 1. The van der Waals surface area contributed by atoms with Crippen LogP contribution in [0.3, 0.4) is 0 Å². The molecule has 0 radical (unpaired) electrons. The SMILES string of the molecule is C=C(C)C(=O)OC(C)(CCCO)N(CC)CC. The van der Waals surface area contributed by atoms with E-state index in [2.05, 4.69) is 11.5 Å². The van der Waals surface area contributed by atoms with Gasteiger partial charge in [-0.2, -0.15) is 0 Å². The lowest BCUT2D eigenvalue weighted by Gasteiger charge is -2.39. The number of carbonyl (C=O) groups excluding carboxylic acids is 1. The third-order valence-corrected chi connectivity index (χ3v) is 2.89. The van der Waals surface area contributed by atoms with Crippen LogP contribution in [0, 0.1) is 0 Å². The van der Waals surface area contributed by atoms with Crippen LogP contribution >= 0.6 is 0 Å². The Hall–Kier alpha value is -0.870. The summed E-state index contributed by atoms with van der Waals surface area (Å²) in [6.07, 6.45) is 1.22. The van der Waals surface area contributed by atoms with Crippen molar-refractivity contribution in [3.8, 4) is 0 Å². The molecule has 0 aromatic rings. The highest BCUT2D eigenvalue weighted by atomic mass is 16.6. The Kier molecular flexibility index (Phi) is 7.07. The summed E-state index contributed by atoms with van der Waals surface area (Å²) in [6, 6.07) is 0. The van der Waals surface area contributed by atoms with Gasteiger partial charge in [0.25, 0.3) is 0 Å². The fourth-order valence-electron chi connectivity index (χ4n) is 1.86. The number of ether oxygens (including phenoxy) is 1. The number of aliphatic hydroxyl groups excluding tert-OH is 1. The third-order valence-electron chi connectivity index (χ3n) is 2.89. The van der Waals surface area contributed by atoms with Crippen LogP contribution in [-0.4, -0.2) is 41.4 Å². The summed E-state index contributed by atoms with van der Waals surface area (Å²) < 4.78 is 5.52. The Morgan fingerprint density at radius 3 is 2.29 bits per heavy atom. The molecule has 1 unspecified atom stereocenters. The quantitative estimate of drug-likeness (QED) is 0.402. The summed E-state index contributed by atoms with van der Waals surface area (Å²) in [6.45, 7) is 12.8. The third kappa shape index (κ3) is 4.88. The predicted molar refractivity (Wildman–Crippen MR) is 68.6 cm³/mol. The largest absolute Gasteiger partial charge is 0.441 e. The molecule has 100 valence electrons. The smallest absolute Gasteiger partial charge is 0.334 e. The van der Waals surface area contributed by atoms with E-state index in [0.29, 0.717) is 18.4 Å². The van der Waals surface area contributed by atoms with Crippen LogP contribution in [0.4, 0.5) is 0 Å². The Balaban J connectivity index is 4.81. The van der Waals surface area contributed by atoms with Gasteiger partial charge < -0.3 is 9.84 Å². The van der Waals surface area contributed by atoms with E-state index in [1.807, 2.05) is 20.8 Å². The van der Waals surface area contributed by atoms with Crippen LogP contribution in [0.25, 0.3) is 0 Å². The highest BCUT2D eigenvalue weighted by molar-refractivity contribution is 5.87. The second-order valence-corrected chi connectivity index (χ2v) is 4.34. The number of aliphatic hydroxyl groups is 1. The van der Waals surface area contributed by atoms with Crippen molar-refractivity contribution in [1.82, 2.24) is 4.90 Å². The van der Waals surface area contributed by atoms with Crippen LogP contribution in [-0.2, 0) is 9.53 Å². The zero-order chi connectivity index (χ0) is 13.5. The molecule has 0 aromatic heterocycles. The molecule has 0 fully saturated rings. The Labute approximate surface area is 104 Å². The van der Waals surface area contributed by atoms with Crippen LogP contribution < -0.4 is 0 Å². The van der Waals surface area contributed by atoms with Crippen LogP contribution in [0.15, 0.2) is 12.2 Å². The standard InChI is InChI=1S/C13H25NO3/c1-6-14(7-2)13(5,9-8-10-15)17-12(16)11(3)4/h15H,3,6-10H2,1-2,4-5H3. The van der Waals surface area contributed by atoms with Crippen molar-refractivity contribution in [2.24, 2.45) is 0 Å². The second-order valence-electron chi connectivity index (χ2n) is 4.34. The molecule has 0 bridgehead atoms. The summed E-state index contributed by atoms with van der Waals surface area (Å²) in [4.78, 5) is 13.7. The molecule has 4 heteroatoms. The molecule has 0 aliphatic heterocycles. The van der Waals surface area contributed by atoms with Crippen LogP contribution in [0.2, 0.25) is 0 Å². The molecular weight excluding hydrogens is 218 g/mol. The molecule has 0 heterocycles. The Bertz CT molecular complexity index is 261. The molecule has 0 aliphatic rings. The molecule has 0 aliphatic carbocycles. The van der Waals surface area contributed by atoms with Crippen molar-refractivity contribution in [2.75, 3.05) is 19.7 Å². The summed E-state index contributed by atoms with van der Waals surface area (Å²) >= 11 is 0. The molecule has 0 rings (SSSR count). The van der Waals surface area contributed by atoms with Crippen molar-refractivity contribution in [1.29, 1.82) is 0 Å². The number of nitrogens with zero attached hydrogens (tertiary/aromatic N) is 1. The molecule has 17 heavy (non-hydrogen) atoms. The minimum Gasteiger partial charge on any atom is -0.441 e. The van der Waals surface area contributed by atoms with Gasteiger partial charge in [0.05, 0.1) is 0 Å². The van der Waals surface area contributed by atoms with Crippen LogP contribution in [0.1, 0.15) is 40.5 Å². The van der Waals surface area contributed by atoms with E-state index in [1.165, 1.54) is 0 Å². The van der Waals surface area contributed by atoms with E-state index in [-0.39, 0.29) is 12.6 Å². The van der Waals surface area contributed by atoms with Gasteiger partial charge in [0, 0.05) is 18.6 Å². The number of rotatable bonds is 8. The van der Waals surface area contributed by atoms with Gasteiger partial charge in [0.2, 0.25) is 0 Å². The monoisotopic (exact) mass is 243 g/mol. The molecule has 1 N–H and O–H groups in total. The normalized spacial score (nSPS) is 14.5. The highest BCUT2D eigenvalue weighted by Gasteiger charge is 2.33. The maximum absolute atomic E-state index is 11.6. The molecule has 0 saturated carbocycles. The van der Waals surface area contributed by atoms with Gasteiger partial charge in [-0.25, -0.2) is 4.79 Å². The van der Waals surface area contributed by atoms with Crippen molar-refractivity contribution in [3.63, 3.8) is 0 Å². The molecule has 0 aromatic carbocycles. The first-order valence-electron chi connectivity index (χ1n) is 6.16. The van der Waals surface area contributed by atoms with Gasteiger partial charge in [0.1, 0.15) is 0 Å². The summed E-state index contributed by atoms with van der Waals surface area (Å²) in [5, 5.41) is 8.92. The fourth-order valence-corrected chi connectivity index (χ4v) is 1.86. The van der Waals surface area contributed by atoms with Gasteiger partial charge in [0.15, 0.2) is 5.72 Å². The molecule has 0 spiro atoms. The fraction of sp³-hybridized carbons (Fsp3) is 0.769. The van der Waals surface area contributed by atoms with E-state index in [1.54, 1.807) is 6.92 Å². The van der Waals surface area contributed by atoms with Gasteiger partial charge in [-0.15, -0.1) is 0 Å².